The Morgan fingerprint density at radius 1 is 1.29 bits per heavy atom. The standard InChI is InChI=1S/C14H28N4O3/c1-3-15-13(19)10-18-14(16-4-2)17-7-5-8-21-12-6-9-20-11-12/h12H,3-11H2,1-2H3,(H,15,19)(H2,16,17,18). The molecule has 0 radical (unpaired) electrons. The van der Waals surface area contributed by atoms with Crippen LogP contribution in [-0.2, 0) is 14.3 Å². The van der Waals surface area contributed by atoms with Gasteiger partial charge < -0.3 is 25.4 Å². The van der Waals surface area contributed by atoms with Crippen LogP contribution in [0.3, 0.4) is 0 Å². The number of carbonyl (C=O) groups excluding carboxylic acids is 1. The van der Waals surface area contributed by atoms with Crippen molar-refractivity contribution in [3.8, 4) is 0 Å². The van der Waals surface area contributed by atoms with E-state index in [1.807, 2.05) is 13.8 Å². The first kappa shape index (κ1) is 17.7. The van der Waals surface area contributed by atoms with Gasteiger partial charge in [0.05, 0.1) is 12.7 Å². The molecule has 1 amide bonds. The molecule has 0 aromatic carbocycles. The molecule has 1 atom stereocenters. The summed E-state index contributed by atoms with van der Waals surface area (Å²) in [7, 11) is 0. The van der Waals surface area contributed by atoms with E-state index in [-0.39, 0.29) is 18.6 Å². The Balaban J connectivity index is 2.14. The molecule has 3 N–H and O–H groups in total. The van der Waals surface area contributed by atoms with Gasteiger partial charge in [-0.2, -0.15) is 0 Å². The predicted molar refractivity (Wildman–Crippen MR) is 82.5 cm³/mol. The topological polar surface area (TPSA) is 84.0 Å². The Labute approximate surface area is 126 Å². The van der Waals surface area contributed by atoms with Crippen LogP contribution in [0.2, 0.25) is 0 Å². The van der Waals surface area contributed by atoms with E-state index >= 15 is 0 Å². The molecule has 0 aromatic heterocycles. The zero-order chi connectivity index (χ0) is 15.3. The number of rotatable bonds is 9. The molecule has 21 heavy (non-hydrogen) atoms. The molecule has 122 valence electrons. The summed E-state index contributed by atoms with van der Waals surface area (Å²) >= 11 is 0. The molecular weight excluding hydrogens is 272 g/mol. The number of hydrogen-bond donors (Lipinski definition) is 3. The van der Waals surface area contributed by atoms with Crippen LogP contribution in [0.1, 0.15) is 26.7 Å². The minimum Gasteiger partial charge on any atom is -0.379 e. The summed E-state index contributed by atoms with van der Waals surface area (Å²) in [6, 6.07) is 0. The van der Waals surface area contributed by atoms with Gasteiger partial charge in [-0.25, -0.2) is 4.99 Å². The van der Waals surface area contributed by atoms with Crippen molar-refractivity contribution in [1.82, 2.24) is 16.0 Å². The molecule has 0 aromatic rings. The summed E-state index contributed by atoms with van der Waals surface area (Å²) in [6.07, 6.45) is 2.14. The van der Waals surface area contributed by atoms with E-state index in [1.54, 1.807) is 0 Å². The maximum absolute atomic E-state index is 11.4. The van der Waals surface area contributed by atoms with E-state index in [0.29, 0.717) is 25.7 Å². The molecule has 0 spiro atoms. The first-order valence-corrected chi connectivity index (χ1v) is 7.74. The Morgan fingerprint density at radius 3 is 2.76 bits per heavy atom. The number of hydrogen-bond acceptors (Lipinski definition) is 4. The highest BCUT2D eigenvalue weighted by molar-refractivity contribution is 5.84. The van der Waals surface area contributed by atoms with Gasteiger partial charge in [0.2, 0.25) is 5.91 Å². The van der Waals surface area contributed by atoms with E-state index in [9.17, 15) is 4.79 Å². The van der Waals surface area contributed by atoms with Gasteiger partial charge in [-0.05, 0) is 26.7 Å². The van der Waals surface area contributed by atoms with E-state index in [4.69, 9.17) is 9.47 Å². The van der Waals surface area contributed by atoms with E-state index in [0.717, 1.165) is 32.5 Å². The van der Waals surface area contributed by atoms with Gasteiger partial charge in [-0.15, -0.1) is 0 Å². The maximum Gasteiger partial charge on any atom is 0.241 e. The summed E-state index contributed by atoms with van der Waals surface area (Å²) in [5.41, 5.74) is 0. The lowest BCUT2D eigenvalue weighted by Crippen LogP contribution is -2.39. The van der Waals surface area contributed by atoms with Gasteiger partial charge in [0, 0.05) is 32.8 Å². The zero-order valence-electron chi connectivity index (χ0n) is 13.1. The molecule has 1 saturated heterocycles. The average Bonchev–Trinajstić information content (AvgIpc) is 2.98. The summed E-state index contributed by atoms with van der Waals surface area (Å²) in [4.78, 5) is 15.6. The third-order valence-electron chi connectivity index (χ3n) is 2.95. The summed E-state index contributed by atoms with van der Waals surface area (Å²) in [6.45, 7) is 8.39. The van der Waals surface area contributed by atoms with Gasteiger partial charge >= 0.3 is 0 Å². The predicted octanol–water partition coefficient (Wildman–Crippen LogP) is -0.127. The first-order chi connectivity index (χ1) is 10.3. The lowest BCUT2D eigenvalue weighted by Gasteiger charge is -2.12. The minimum absolute atomic E-state index is 0.0701. The molecule has 1 fully saturated rings. The normalized spacial score (nSPS) is 18.6. The number of guanidine groups is 1. The van der Waals surface area contributed by atoms with E-state index in [1.165, 1.54) is 0 Å². The number of ether oxygens (including phenoxy) is 2. The molecule has 0 aliphatic carbocycles. The molecule has 1 aliphatic heterocycles. The summed E-state index contributed by atoms with van der Waals surface area (Å²) < 4.78 is 10.9. The molecule has 1 rings (SSSR count). The van der Waals surface area contributed by atoms with Crippen molar-refractivity contribution in [2.75, 3.05) is 46.0 Å². The smallest absolute Gasteiger partial charge is 0.241 e. The average molecular weight is 300 g/mol. The Kier molecular flexibility index (Phi) is 9.56. The fraction of sp³-hybridized carbons (Fsp3) is 0.857. The van der Waals surface area contributed by atoms with Crippen molar-refractivity contribution in [3.63, 3.8) is 0 Å². The highest BCUT2D eigenvalue weighted by Crippen LogP contribution is 2.07. The SMILES string of the molecule is CCNC(=O)CN=C(NCC)NCCCOC1CCOC1. The van der Waals surface area contributed by atoms with Gasteiger partial charge in [0.1, 0.15) is 6.54 Å². The van der Waals surface area contributed by atoms with Crippen molar-refractivity contribution in [1.29, 1.82) is 0 Å². The van der Waals surface area contributed by atoms with Crippen LogP contribution in [0.5, 0.6) is 0 Å². The van der Waals surface area contributed by atoms with Crippen LogP contribution in [0.4, 0.5) is 0 Å². The van der Waals surface area contributed by atoms with Gasteiger partial charge in [-0.1, -0.05) is 0 Å². The third kappa shape index (κ3) is 8.52. The number of nitrogens with one attached hydrogen (secondary N) is 3. The van der Waals surface area contributed by atoms with Crippen LogP contribution in [0, 0.1) is 0 Å². The second-order valence-corrected chi connectivity index (χ2v) is 4.79. The number of likely N-dealkylation sites (N-methyl/N-ethyl adjacent to an activating group) is 1. The number of carbonyl (C=O) groups is 1. The Hall–Kier alpha value is -1.34. The molecule has 1 unspecified atom stereocenters. The lowest BCUT2D eigenvalue weighted by atomic mass is 10.3. The number of amides is 1. The molecular formula is C14H28N4O3. The fourth-order valence-electron chi connectivity index (χ4n) is 1.92. The zero-order valence-corrected chi connectivity index (χ0v) is 13.1. The van der Waals surface area contributed by atoms with Gasteiger partial charge in [-0.3, -0.25) is 4.79 Å². The highest BCUT2D eigenvalue weighted by atomic mass is 16.5. The quantitative estimate of drug-likeness (QED) is 0.314. The van der Waals surface area contributed by atoms with Crippen LogP contribution in [0.25, 0.3) is 0 Å². The van der Waals surface area contributed by atoms with Crippen molar-refractivity contribution >= 4 is 11.9 Å². The largest absolute Gasteiger partial charge is 0.379 e. The van der Waals surface area contributed by atoms with Crippen molar-refractivity contribution in [2.45, 2.75) is 32.8 Å². The highest BCUT2D eigenvalue weighted by Gasteiger charge is 2.15. The molecule has 1 heterocycles. The van der Waals surface area contributed by atoms with Gasteiger partial charge in [0.25, 0.3) is 0 Å². The Bertz CT molecular complexity index is 317. The van der Waals surface area contributed by atoms with Crippen LogP contribution in [0.15, 0.2) is 4.99 Å². The monoisotopic (exact) mass is 300 g/mol. The van der Waals surface area contributed by atoms with E-state index in [2.05, 4.69) is 20.9 Å². The minimum atomic E-state index is -0.0701. The second-order valence-electron chi connectivity index (χ2n) is 4.79. The van der Waals surface area contributed by atoms with Crippen molar-refractivity contribution in [2.24, 2.45) is 4.99 Å². The van der Waals surface area contributed by atoms with Crippen LogP contribution < -0.4 is 16.0 Å². The number of aliphatic imine (C=N–C) groups is 1. The van der Waals surface area contributed by atoms with Crippen molar-refractivity contribution < 1.29 is 14.3 Å². The van der Waals surface area contributed by atoms with Gasteiger partial charge in [0.15, 0.2) is 5.96 Å². The van der Waals surface area contributed by atoms with E-state index < -0.39 is 0 Å². The molecule has 1 aliphatic rings. The second kappa shape index (κ2) is 11.3. The van der Waals surface area contributed by atoms with Crippen LogP contribution >= 0.6 is 0 Å². The fourth-order valence-corrected chi connectivity index (χ4v) is 1.92. The maximum atomic E-state index is 11.4. The first-order valence-electron chi connectivity index (χ1n) is 7.74. The lowest BCUT2D eigenvalue weighted by molar-refractivity contribution is -0.119. The molecule has 7 heteroatoms. The number of nitrogens with zero attached hydrogens (tertiary/aromatic N) is 1. The molecule has 7 nitrogen and oxygen atoms in total. The molecule has 0 saturated carbocycles. The third-order valence-corrected chi connectivity index (χ3v) is 2.95. The Morgan fingerprint density at radius 2 is 2.10 bits per heavy atom. The summed E-state index contributed by atoms with van der Waals surface area (Å²) in [5.74, 6) is 0.590. The van der Waals surface area contributed by atoms with Crippen molar-refractivity contribution in [3.05, 3.63) is 0 Å². The molecule has 0 bridgehead atoms. The van der Waals surface area contributed by atoms with Crippen LogP contribution in [-0.4, -0.2) is 64.0 Å². The summed E-state index contributed by atoms with van der Waals surface area (Å²) in [5, 5.41) is 9.02.